The normalized spacial score (nSPS) is 9.06. The highest BCUT2D eigenvalue weighted by Gasteiger charge is 1.98. The molecule has 0 bridgehead atoms. The number of rotatable bonds is 4. The number of esters is 1. The van der Waals surface area contributed by atoms with Crippen LogP contribution in [0.3, 0.4) is 0 Å². The predicted octanol–water partition coefficient (Wildman–Crippen LogP) is 1.79. The molecular formula is C12H12O4. The molecule has 0 atom stereocenters. The molecule has 0 amide bonds. The number of unbranched alkanes of at least 4 members (excludes halogenated alkanes) is 1. The van der Waals surface area contributed by atoms with Crippen molar-refractivity contribution in [2.75, 3.05) is 7.11 Å². The van der Waals surface area contributed by atoms with Crippen LogP contribution in [-0.2, 0) is 9.53 Å². The lowest BCUT2D eigenvalue weighted by atomic mass is 10.2. The highest BCUT2D eigenvalue weighted by atomic mass is 16.5. The summed E-state index contributed by atoms with van der Waals surface area (Å²) in [4.78, 5) is 21.1. The van der Waals surface area contributed by atoms with Gasteiger partial charge in [-0.05, 0) is 24.5 Å². The van der Waals surface area contributed by atoms with Gasteiger partial charge in [0.05, 0.1) is 7.11 Å². The minimum absolute atomic E-state index is 0.233. The Hall–Kier alpha value is -2.02. The van der Waals surface area contributed by atoms with Gasteiger partial charge in [0.2, 0.25) is 0 Å². The molecule has 0 aliphatic rings. The van der Waals surface area contributed by atoms with Crippen LogP contribution in [0.25, 0.3) is 0 Å². The smallest absolute Gasteiger partial charge is 0.305 e. The Morgan fingerprint density at radius 2 is 2.38 bits per heavy atom. The Bertz CT molecular complexity index is 420. The number of aldehydes is 1. The SMILES string of the molecule is COC(=O)CCCC#Cc1ccc(C=O)o1. The van der Waals surface area contributed by atoms with E-state index in [1.54, 1.807) is 12.1 Å². The maximum absolute atomic E-state index is 10.8. The average Bonchev–Trinajstić information content (AvgIpc) is 2.76. The molecule has 0 aliphatic carbocycles. The van der Waals surface area contributed by atoms with Crippen LogP contribution in [0, 0.1) is 11.8 Å². The first-order chi connectivity index (χ1) is 7.76. The topological polar surface area (TPSA) is 56.5 Å². The summed E-state index contributed by atoms with van der Waals surface area (Å²) in [5, 5.41) is 0. The Kier molecular flexibility index (Phi) is 4.87. The van der Waals surface area contributed by atoms with Gasteiger partial charge in [-0.3, -0.25) is 9.59 Å². The largest absolute Gasteiger partial charge is 0.469 e. The van der Waals surface area contributed by atoms with E-state index in [0.29, 0.717) is 31.3 Å². The van der Waals surface area contributed by atoms with Gasteiger partial charge < -0.3 is 9.15 Å². The van der Waals surface area contributed by atoms with Crippen LogP contribution in [0.15, 0.2) is 16.5 Å². The van der Waals surface area contributed by atoms with Crippen molar-refractivity contribution in [3.63, 3.8) is 0 Å². The lowest BCUT2D eigenvalue weighted by molar-refractivity contribution is -0.140. The van der Waals surface area contributed by atoms with Crippen molar-refractivity contribution in [2.45, 2.75) is 19.3 Å². The van der Waals surface area contributed by atoms with Gasteiger partial charge in [0, 0.05) is 12.8 Å². The summed E-state index contributed by atoms with van der Waals surface area (Å²) in [6.07, 6.45) is 2.23. The van der Waals surface area contributed by atoms with Gasteiger partial charge in [0.1, 0.15) is 0 Å². The molecule has 0 aromatic carbocycles. The van der Waals surface area contributed by atoms with Crippen LogP contribution < -0.4 is 0 Å². The fraction of sp³-hybridized carbons (Fsp3) is 0.333. The van der Waals surface area contributed by atoms with E-state index in [1.807, 2.05) is 0 Å². The summed E-state index contributed by atoms with van der Waals surface area (Å²) in [6.45, 7) is 0. The zero-order valence-corrected chi connectivity index (χ0v) is 8.99. The molecule has 84 valence electrons. The third kappa shape index (κ3) is 4.01. The fourth-order valence-corrected chi connectivity index (χ4v) is 1.06. The summed E-state index contributed by atoms with van der Waals surface area (Å²) >= 11 is 0. The van der Waals surface area contributed by atoms with E-state index in [-0.39, 0.29) is 11.7 Å². The molecule has 0 unspecified atom stereocenters. The molecule has 1 aromatic rings. The molecule has 1 aromatic heterocycles. The van der Waals surface area contributed by atoms with Crippen molar-refractivity contribution < 1.29 is 18.7 Å². The van der Waals surface area contributed by atoms with Gasteiger partial charge in [-0.2, -0.15) is 0 Å². The zero-order valence-electron chi connectivity index (χ0n) is 8.99. The average molecular weight is 220 g/mol. The van der Waals surface area contributed by atoms with E-state index in [2.05, 4.69) is 16.6 Å². The van der Waals surface area contributed by atoms with Crippen molar-refractivity contribution >= 4 is 12.3 Å². The van der Waals surface area contributed by atoms with Crippen LogP contribution >= 0.6 is 0 Å². The quantitative estimate of drug-likeness (QED) is 0.336. The van der Waals surface area contributed by atoms with Crippen LogP contribution in [-0.4, -0.2) is 19.4 Å². The second-order valence-electron chi connectivity index (χ2n) is 3.05. The van der Waals surface area contributed by atoms with Crippen molar-refractivity contribution in [1.82, 2.24) is 0 Å². The van der Waals surface area contributed by atoms with Crippen molar-refractivity contribution in [2.24, 2.45) is 0 Å². The Balaban J connectivity index is 2.32. The number of carbonyl (C=O) groups is 2. The molecular weight excluding hydrogens is 208 g/mol. The third-order valence-corrected chi connectivity index (χ3v) is 1.86. The van der Waals surface area contributed by atoms with E-state index in [9.17, 15) is 9.59 Å². The molecule has 1 rings (SSSR count). The molecule has 0 radical (unpaired) electrons. The summed E-state index contributed by atoms with van der Waals surface area (Å²) < 4.78 is 9.54. The molecule has 0 saturated heterocycles. The van der Waals surface area contributed by atoms with Crippen LogP contribution in [0.4, 0.5) is 0 Å². The first kappa shape index (κ1) is 12.1. The molecule has 0 fully saturated rings. The van der Waals surface area contributed by atoms with Crippen molar-refractivity contribution in [3.8, 4) is 11.8 Å². The third-order valence-electron chi connectivity index (χ3n) is 1.86. The van der Waals surface area contributed by atoms with E-state index in [4.69, 9.17) is 4.42 Å². The standard InChI is InChI=1S/C12H12O4/c1-15-12(14)6-4-2-3-5-10-7-8-11(9-13)16-10/h7-9H,2,4,6H2,1H3. The first-order valence-electron chi connectivity index (χ1n) is 4.87. The summed E-state index contributed by atoms with van der Waals surface area (Å²) in [5.41, 5.74) is 0. The summed E-state index contributed by atoms with van der Waals surface area (Å²) in [7, 11) is 1.36. The van der Waals surface area contributed by atoms with Gasteiger partial charge >= 0.3 is 5.97 Å². The zero-order chi connectivity index (χ0) is 11.8. The van der Waals surface area contributed by atoms with Gasteiger partial charge in [0.25, 0.3) is 0 Å². The molecule has 4 heteroatoms. The Morgan fingerprint density at radius 1 is 1.56 bits per heavy atom. The second kappa shape index (κ2) is 6.46. The number of hydrogen-bond donors (Lipinski definition) is 0. The molecule has 0 N–H and O–H groups in total. The molecule has 1 heterocycles. The number of furan rings is 1. The monoisotopic (exact) mass is 220 g/mol. The Morgan fingerprint density at radius 3 is 3.00 bits per heavy atom. The van der Waals surface area contributed by atoms with Crippen molar-refractivity contribution in [1.29, 1.82) is 0 Å². The predicted molar refractivity (Wildman–Crippen MR) is 56.8 cm³/mol. The van der Waals surface area contributed by atoms with E-state index in [1.165, 1.54) is 7.11 Å². The van der Waals surface area contributed by atoms with Gasteiger partial charge in [-0.15, -0.1) is 0 Å². The van der Waals surface area contributed by atoms with Gasteiger partial charge in [0.15, 0.2) is 17.8 Å². The van der Waals surface area contributed by atoms with Crippen LogP contribution in [0.1, 0.15) is 35.6 Å². The van der Waals surface area contributed by atoms with E-state index >= 15 is 0 Å². The summed E-state index contributed by atoms with van der Waals surface area (Å²) in [6, 6.07) is 3.20. The van der Waals surface area contributed by atoms with Gasteiger partial charge in [-0.25, -0.2) is 0 Å². The minimum atomic E-state index is -0.233. The second-order valence-corrected chi connectivity index (χ2v) is 3.05. The van der Waals surface area contributed by atoms with Crippen LogP contribution in [0.5, 0.6) is 0 Å². The maximum Gasteiger partial charge on any atom is 0.305 e. The maximum atomic E-state index is 10.8. The van der Waals surface area contributed by atoms with Crippen LogP contribution in [0.2, 0.25) is 0 Å². The van der Waals surface area contributed by atoms with Gasteiger partial charge in [-0.1, -0.05) is 5.92 Å². The number of hydrogen-bond acceptors (Lipinski definition) is 4. The number of ether oxygens (including phenoxy) is 1. The highest BCUT2D eigenvalue weighted by molar-refractivity contribution is 5.70. The molecule has 4 nitrogen and oxygen atoms in total. The van der Waals surface area contributed by atoms with Crippen molar-refractivity contribution in [3.05, 3.63) is 23.7 Å². The minimum Gasteiger partial charge on any atom is -0.469 e. The number of methoxy groups -OCH3 is 1. The molecule has 0 saturated carbocycles. The Labute approximate surface area is 93.6 Å². The summed E-state index contributed by atoms with van der Waals surface area (Å²) in [5.74, 6) is 6.10. The fourth-order valence-electron chi connectivity index (χ4n) is 1.06. The van der Waals surface area contributed by atoms with E-state index in [0.717, 1.165) is 0 Å². The highest BCUT2D eigenvalue weighted by Crippen LogP contribution is 2.04. The van der Waals surface area contributed by atoms with E-state index < -0.39 is 0 Å². The molecule has 16 heavy (non-hydrogen) atoms. The lowest BCUT2D eigenvalue weighted by Gasteiger charge is -1.93. The number of carbonyl (C=O) groups excluding carboxylic acids is 2. The first-order valence-corrected chi connectivity index (χ1v) is 4.87. The lowest BCUT2D eigenvalue weighted by Crippen LogP contribution is -1.98. The molecule has 0 aliphatic heterocycles. The molecule has 0 spiro atoms.